The second-order valence-corrected chi connectivity index (χ2v) is 4.76. The fraction of sp³-hybridized carbons (Fsp3) is 0.235. The average molecular weight is 284 g/mol. The Morgan fingerprint density at radius 3 is 2.43 bits per heavy atom. The monoisotopic (exact) mass is 284 g/mol. The summed E-state index contributed by atoms with van der Waals surface area (Å²) in [6.07, 6.45) is 0. The number of aryl methyl sites for hydroxylation is 1. The molecule has 2 amide bonds. The number of anilines is 2. The number of ether oxygens (including phenoxy) is 1. The molecule has 0 saturated carbocycles. The third-order valence-electron chi connectivity index (χ3n) is 3.29. The minimum atomic E-state index is -0.282. The van der Waals surface area contributed by atoms with Crippen molar-refractivity contribution in [1.82, 2.24) is 0 Å². The molecule has 0 fully saturated rings. The summed E-state index contributed by atoms with van der Waals surface area (Å²) < 4.78 is 5.49. The van der Waals surface area contributed by atoms with E-state index in [1.165, 1.54) is 0 Å². The summed E-state index contributed by atoms with van der Waals surface area (Å²) in [4.78, 5) is 12.1. The van der Waals surface area contributed by atoms with Crippen LogP contribution in [0.1, 0.15) is 18.1 Å². The normalized spacial score (nSPS) is 10.0. The van der Waals surface area contributed by atoms with Crippen LogP contribution in [0, 0.1) is 13.8 Å². The van der Waals surface area contributed by atoms with E-state index in [0.717, 1.165) is 16.8 Å². The molecular formula is C17H20N2O2. The van der Waals surface area contributed by atoms with E-state index < -0.39 is 0 Å². The summed E-state index contributed by atoms with van der Waals surface area (Å²) in [5, 5.41) is 5.68. The molecule has 0 heterocycles. The molecule has 110 valence electrons. The van der Waals surface area contributed by atoms with Gasteiger partial charge < -0.3 is 15.4 Å². The summed E-state index contributed by atoms with van der Waals surface area (Å²) >= 11 is 0. The highest BCUT2D eigenvalue weighted by molar-refractivity contribution is 6.01. The first-order valence-electron chi connectivity index (χ1n) is 6.98. The number of para-hydroxylation sites is 2. The molecule has 4 heteroatoms. The van der Waals surface area contributed by atoms with Gasteiger partial charge in [-0.25, -0.2) is 4.79 Å². The van der Waals surface area contributed by atoms with Gasteiger partial charge >= 0.3 is 6.03 Å². The summed E-state index contributed by atoms with van der Waals surface area (Å²) in [5.74, 6) is 0.663. The van der Waals surface area contributed by atoms with E-state index in [9.17, 15) is 4.79 Å². The molecule has 0 unspecified atom stereocenters. The van der Waals surface area contributed by atoms with Crippen molar-refractivity contribution in [1.29, 1.82) is 0 Å². The Kier molecular flexibility index (Phi) is 4.82. The zero-order valence-corrected chi connectivity index (χ0v) is 12.6. The molecule has 2 aromatic rings. The minimum Gasteiger partial charge on any atom is -0.492 e. The van der Waals surface area contributed by atoms with Crippen LogP contribution in [0.15, 0.2) is 42.5 Å². The number of rotatable bonds is 4. The van der Waals surface area contributed by atoms with Crippen molar-refractivity contribution in [2.24, 2.45) is 0 Å². The number of amides is 2. The minimum absolute atomic E-state index is 0.282. The van der Waals surface area contributed by atoms with E-state index in [-0.39, 0.29) is 6.03 Å². The van der Waals surface area contributed by atoms with E-state index in [0.29, 0.717) is 18.0 Å². The SMILES string of the molecule is CCOc1ccccc1NC(=O)Nc1cccc(C)c1C. The molecule has 2 rings (SSSR count). The average Bonchev–Trinajstić information content (AvgIpc) is 2.46. The Balaban J connectivity index is 2.10. The lowest BCUT2D eigenvalue weighted by molar-refractivity contribution is 0.262. The molecule has 2 N–H and O–H groups in total. The maximum absolute atomic E-state index is 12.1. The van der Waals surface area contributed by atoms with E-state index in [2.05, 4.69) is 10.6 Å². The predicted molar refractivity (Wildman–Crippen MR) is 86.2 cm³/mol. The van der Waals surface area contributed by atoms with E-state index >= 15 is 0 Å². The third kappa shape index (κ3) is 3.75. The molecule has 0 aliphatic rings. The van der Waals surface area contributed by atoms with Gasteiger partial charge in [-0.3, -0.25) is 0 Å². The summed E-state index contributed by atoms with van der Waals surface area (Å²) in [5.41, 5.74) is 3.66. The molecule has 0 aliphatic carbocycles. The Labute approximate surface area is 125 Å². The van der Waals surface area contributed by atoms with Crippen molar-refractivity contribution in [2.45, 2.75) is 20.8 Å². The van der Waals surface area contributed by atoms with Crippen molar-refractivity contribution < 1.29 is 9.53 Å². The molecule has 0 aliphatic heterocycles. The molecule has 0 spiro atoms. The smallest absolute Gasteiger partial charge is 0.323 e. The fourth-order valence-corrected chi connectivity index (χ4v) is 2.01. The van der Waals surface area contributed by atoms with Gasteiger partial charge in [-0.15, -0.1) is 0 Å². The van der Waals surface area contributed by atoms with Crippen LogP contribution in [0.25, 0.3) is 0 Å². The fourth-order valence-electron chi connectivity index (χ4n) is 2.01. The first kappa shape index (κ1) is 14.9. The largest absolute Gasteiger partial charge is 0.492 e. The molecule has 0 aromatic heterocycles. The van der Waals surface area contributed by atoms with E-state index in [1.807, 2.05) is 63.2 Å². The lowest BCUT2D eigenvalue weighted by Crippen LogP contribution is -2.20. The Morgan fingerprint density at radius 1 is 1.00 bits per heavy atom. The highest BCUT2D eigenvalue weighted by Crippen LogP contribution is 2.24. The molecule has 21 heavy (non-hydrogen) atoms. The highest BCUT2D eigenvalue weighted by atomic mass is 16.5. The molecule has 4 nitrogen and oxygen atoms in total. The van der Waals surface area contributed by atoms with Gasteiger partial charge in [0.1, 0.15) is 5.75 Å². The zero-order valence-electron chi connectivity index (χ0n) is 12.6. The van der Waals surface area contributed by atoms with Crippen molar-refractivity contribution >= 4 is 17.4 Å². The van der Waals surface area contributed by atoms with Gasteiger partial charge in [-0.1, -0.05) is 24.3 Å². The van der Waals surface area contributed by atoms with Crippen molar-refractivity contribution in [3.63, 3.8) is 0 Å². The predicted octanol–water partition coefficient (Wildman–Crippen LogP) is 4.35. The van der Waals surface area contributed by atoms with Gasteiger partial charge in [-0.2, -0.15) is 0 Å². The first-order valence-corrected chi connectivity index (χ1v) is 6.98. The molecule has 0 saturated heterocycles. The van der Waals surface area contributed by atoms with Crippen LogP contribution in [-0.4, -0.2) is 12.6 Å². The summed E-state index contributed by atoms with van der Waals surface area (Å²) in [6.45, 7) is 6.46. The van der Waals surface area contributed by atoms with Gasteiger partial charge in [0, 0.05) is 5.69 Å². The van der Waals surface area contributed by atoms with Gasteiger partial charge in [0.15, 0.2) is 0 Å². The van der Waals surface area contributed by atoms with E-state index in [1.54, 1.807) is 0 Å². The third-order valence-corrected chi connectivity index (χ3v) is 3.29. The van der Waals surface area contributed by atoms with Crippen LogP contribution < -0.4 is 15.4 Å². The zero-order chi connectivity index (χ0) is 15.2. The van der Waals surface area contributed by atoms with Gasteiger partial charge in [0.25, 0.3) is 0 Å². The first-order chi connectivity index (χ1) is 10.1. The second kappa shape index (κ2) is 6.79. The van der Waals surface area contributed by atoms with Crippen LogP contribution in [0.3, 0.4) is 0 Å². The lowest BCUT2D eigenvalue weighted by atomic mass is 10.1. The maximum Gasteiger partial charge on any atom is 0.323 e. The number of urea groups is 1. The van der Waals surface area contributed by atoms with Crippen molar-refractivity contribution in [3.05, 3.63) is 53.6 Å². The van der Waals surface area contributed by atoms with Crippen LogP contribution >= 0.6 is 0 Å². The van der Waals surface area contributed by atoms with Crippen molar-refractivity contribution in [3.8, 4) is 5.75 Å². The quantitative estimate of drug-likeness (QED) is 0.877. The van der Waals surface area contributed by atoms with Gasteiger partial charge in [0.2, 0.25) is 0 Å². The van der Waals surface area contributed by atoms with E-state index in [4.69, 9.17) is 4.74 Å². The lowest BCUT2D eigenvalue weighted by Gasteiger charge is -2.13. The number of carbonyl (C=O) groups excluding carboxylic acids is 1. The van der Waals surface area contributed by atoms with Gasteiger partial charge in [-0.05, 0) is 50.1 Å². The Hall–Kier alpha value is -2.49. The Bertz CT molecular complexity index is 638. The molecule has 0 bridgehead atoms. The molecule has 0 radical (unpaired) electrons. The van der Waals surface area contributed by atoms with Gasteiger partial charge in [0.05, 0.1) is 12.3 Å². The molecule has 2 aromatic carbocycles. The van der Waals surface area contributed by atoms with Crippen LogP contribution in [0.2, 0.25) is 0 Å². The molecular weight excluding hydrogens is 264 g/mol. The number of nitrogens with one attached hydrogen (secondary N) is 2. The maximum atomic E-state index is 12.1. The number of benzene rings is 2. The number of hydrogen-bond donors (Lipinski definition) is 2. The van der Waals surface area contributed by atoms with Crippen LogP contribution in [0.5, 0.6) is 5.75 Å². The van der Waals surface area contributed by atoms with Crippen LogP contribution in [-0.2, 0) is 0 Å². The standard InChI is InChI=1S/C17H20N2O2/c1-4-21-16-11-6-5-9-15(16)19-17(20)18-14-10-7-8-12(2)13(14)3/h5-11H,4H2,1-3H3,(H2,18,19,20). The number of hydrogen-bond acceptors (Lipinski definition) is 2. The topological polar surface area (TPSA) is 50.4 Å². The Morgan fingerprint density at radius 2 is 1.67 bits per heavy atom. The van der Waals surface area contributed by atoms with Crippen molar-refractivity contribution in [2.75, 3.05) is 17.2 Å². The number of carbonyl (C=O) groups is 1. The summed E-state index contributed by atoms with van der Waals surface area (Å²) in [6, 6.07) is 12.9. The highest BCUT2D eigenvalue weighted by Gasteiger charge is 2.09. The van der Waals surface area contributed by atoms with Crippen LogP contribution in [0.4, 0.5) is 16.2 Å². The molecule has 0 atom stereocenters. The second-order valence-electron chi connectivity index (χ2n) is 4.76. The summed E-state index contributed by atoms with van der Waals surface area (Å²) in [7, 11) is 0.